The van der Waals surface area contributed by atoms with Crippen LogP contribution in [0.25, 0.3) is 22.6 Å². The second-order valence-electron chi connectivity index (χ2n) is 5.47. The number of non-ortho nitro benzene ring substituents is 1. The fourth-order valence-electron chi connectivity index (χ4n) is 2.61. The Bertz CT molecular complexity index is 978. The molecule has 0 aliphatic carbocycles. The van der Waals surface area contributed by atoms with E-state index < -0.39 is 4.92 Å². The molecular formula is C19H14N4O2. The highest BCUT2D eigenvalue weighted by Crippen LogP contribution is 2.29. The van der Waals surface area contributed by atoms with Crippen molar-refractivity contribution < 1.29 is 4.92 Å². The van der Waals surface area contributed by atoms with E-state index in [0.717, 1.165) is 5.56 Å². The van der Waals surface area contributed by atoms with E-state index in [1.54, 1.807) is 12.1 Å². The summed E-state index contributed by atoms with van der Waals surface area (Å²) >= 11 is 0. The lowest BCUT2D eigenvalue weighted by atomic mass is 10.0. The zero-order valence-electron chi connectivity index (χ0n) is 13.5. The van der Waals surface area contributed by atoms with E-state index in [0.29, 0.717) is 28.3 Å². The van der Waals surface area contributed by atoms with Gasteiger partial charge in [-0.25, -0.2) is 9.97 Å². The summed E-state index contributed by atoms with van der Waals surface area (Å²) in [6, 6.07) is 17.9. The van der Waals surface area contributed by atoms with Crippen molar-refractivity contribution in [3.05, 3.63) is 76.0 Å². The standard InChI is InChI=1S/C19H14N4O2/c1-13-17(10-11-20)18(15-8-5-9-16(12-15)23(24)25)22-19(21-13)14-6-3-2-4-7-14/h2-9,12H,10H2,1H3. The number of benzene rings is 2. The van der Waals surface area contributed by atoms with Crippen molar-refractivity contribution in [1.82, 2.24) is 9.97 Å². The van der Waals surface area contributed by atoms with Crippen LogP contribution in [-0.2, 0) is 6.42 Å². The Labute approximate surface area is 144 Å². The molecule has 0 saturated heterocycles. The molecule has 0 N–H and O–H groups in total. The maximum Gasteiger partial charge on any atom is 0.270 e. The molecule has 0 unspecified atom stereocenters. The van der Waals surface area contributed by atoms with E-state index in [1.165, 1.54) is 12.1 Å². The Kier molecular flexibility index (Phi) is 4.48. The molecule has 0 aliphatic heterocycles. The third-order valence-electron chi connectivity index (χ3n) is 3.83. The first-order chi connectivity index (χ1) is 12.1. The maximum atomic E-state index is 11.1. The van der Waals surface area contributed by atoms with E-state index >= 15 is 0 Å². The lowest BCUT2D eigenvalue weighted by Crippen LogP contribution is -2.03. The first-order valence-corrected chi connectivity index (χ1v) is 7.65. The first-order valence-electron chi connectivity index (χ1n) is 7.65. The summed E-state index contributed by atoms with van der Waals surface area (Å²) in [5, 5.41) is 20.2. The molecule has 1 aromatic heterocycles. The number of hydrogen-bond donors (Lipinski definition) is 0. The molecule has 0 spiro atoms. The molecule has 122 valence electrons. The highest BCUT2D eigenvalue weighted by Gasteiger charge is 2.16. The Morgan fingerprint density at radius 2 is 1.80 bits per heavy atom. The molecule has 3 aromatic rings. The number of nitriles is 1. The lowest BCUT2D eigenvalue weighted by Gasteiger charge is -2.12. The fraction of sp³-hybridized carbons (Fsp3) is 0.105. The number of rotatable bonds is 4. The predicted molar refractivity (Wildman–Crippen MR) is 93.6 cm³/mol. The molecule has 6 nitrogen and oxygen atoms in total. The number of nitrogens with zero attached hydrogens (tertiary/aromatic N) is 4. The molecule has 0 fully saturated rings. The van der Waals surface area contributed by atoms with Crippen LogP contribution in [0.5, 0.6) is 0 Å². The van der Waals surface area contributed by atoms with Gasteiger partial charge in [-0.2, -0.15) is 5.26 Å². The topological polar surface area (TPSA) is 92.7 Å². The van der Waals surface area contributed by atoms with Gasteiger partial charge < -0.3 is 0 Å². The smallest absolute Gasteiger partial charge is 0.258 e. The Hall–Kier alpha value is -3.59. The molecule has 3 rings (SSSR count). The van der Waals surface area contributed by atoms with Crippen molar-refractivity contribution in [1.29, 1.82) is 5.26 Å². The quantitative estimate of drug-likeness (QED) is 0.530. The molecule has 0 amide bonds. The van der Waals surface area contributed by atoms with Crippen LogP contribution in [0.2, 0.25) is 0 Å². The molecule has 0 radical (unpaired) electrons. The minimum absolute atomic E-state index is 0.0158. The molecule has 2 aromatic carbocycles. The summed E-state index contributed by atoms with van der Waals surface area (Å²) in [6.07, 6.45) is 0.138. The minimum Gasteiger partial charge on any atom is -0.258 e. The minimum atomic E-state index is -0.445. The van der Waals surface area contributed by atoms with Crippen molar-refractivity contribution in [3.63, 3.8) is 0 Å². The summed E-state index contributed by atoms with van der Waals surface area (Å²) < 4.78 is 0. The van der Waals surface area contributed by atoms with Crippen molar-refractivity contribution in [2.24, 2.45) is 0 Å². The second kappa shape index (κ2) is 6.89. The highest BCUT2D eigenvalue weighted by molar-refractivity contribution is 5.70. The van der Waals surface area contributed by atoms with E-state index in [1.807, 2.05) is 37.3 Å². The van der Waals surface area contributed by atoms with Gasteiger partial charge in [-0.15, -0.1) is 0 Å². The van der Waals surface area contributed by atoms with Crippen molar-refractivity contribution >= 4 is 5.69 Å². The lowest BCUT2D eigenvalue weighted by molar-refractivity contribution is -0.384. The monoisotopic (exact) mass is 330 g/mol. The van der Waals surface area contributed by atoms with Crippen LogP contribution >= 0.6 is 0 Å². The van der Waals surface area contributed by atoms with Gasteiger partial charge in [0, 0.05) is 34.5 Å². The summed E-state index contributed by atoms with van der Waals surface area (Å²) in [6.45, 7) is 1.82. The van der Waals surface area contributed by atoms with E-state index in [2.05, 4.69) is 16.0 Å². The average molecular weight is 330 g/mol. The number of hydrogen-bond acceptors (Lipinski definition) is 5. The van der Waals surface area contributed by atoms with Gasteiger partial charge in [0.2, 0.25) is 0 Å². The van der Waals surface area contributed by atoms with Gasteiger partial charge in [0.25, 0.3) is 5.69 Å². The highest BCUT2D eigenvalue weighted by atomic mass is 16.6. The largest absolute Gasteiger partial charge is 0.270 e. The summed E-state index contributed by atoms with van der Waals surface area (Å²) in [4.78, 5) is 19.7. The summed E-state index contributed by atoms with van der Waals surface area (Å²) in [7, 11) is 0. The van der Waals surface area contributed by atoms with Crippen LogP contribution in [0.3, 0.4) is 0 Å². The van der Waals surface area contributed by atoms with Crippen molar-refractivity contribution in [2.75, 3.05) is 0 Å². The summed E-state index contributed by atoms with van der Waals surface area (Å²) in [5.74, 6) is 0.529. The zero-order valence-corrected chi connectivity index (χ0v) is 13.5. The zero-order chi connectivity index (χ0) is 17.8. The number of aromatic nitrogens is 2. The molecule has 6 heteroatoms. The summed E-state index contributed by atoms with van der Waals surface area (Å²) in [5.41, 5.74) is 3.36. The van der Waals surface area contributed by atoms with Crippen molar-refractivity contribution in [2.45, 2.75) is 13.3 Å². The normalized spacial score (nSPS) is 10.2. The third-order valence-corrected chi connectivity index (χ3v) is 3.83. The number of aryl methyl sites for hydroxylation is 1. The number of nitro benzene ring substituents is 1. The van der Waals surface area contributed by atoms with Gasteiger partial charge in [-0.05, 0) is 6.92 Å². The van der Waals surface area contributed by atoms with Crippen LogP contribution in [0.15, 0.2) is 54.6 Å². The average Bonchev–Trinajstić information content (AvgIpc) is 2.64. The Morgan fingerprint density at radius 1 is 1.08 bits per heavy atom. The molecule has 25 heavy (non-hydrogen) atoms. The van der Waals surface area contributed by atoms with Gasteiger partial charge in [0.1, 0.15) is 0 Å². The molecule has 0 atom stereocenters. The van der Waals surface area contributed by atoms with Crippen LogP contribution in [-0.4, -0.2) is 14.9 Å². The van der Waals surface area contributed by atoms with Crippen LogP contribution < -0.4 is 0 Å². The predicted octanol–water partition coefficient (Wildman–Crippen LogP) is 4.09. The fourth-order valence-corrected chi connectivity index (χ4v) is 2.61. The van der Waals surface area contributed by atoms with Gasteiger partial charge in [-0.1, -0.05) is 42.5 Å². The van der Waals surface area contributed by atoms with Crippen LogP contribution in [0.4, 0.5) is 5.69 Å². The van der Waals surface area contributed by atoms with Crippen LogP contribution in [0.1, 0.15) is 11.3 Å². The molecular weight excluding hydrogens is 316 g/mol. The van der Waals surface area contributed by atoms with E-state index in [4.69, 9.17) is 5.26 Å². The molecule has 1 heterocycles. The van der Waals surface area contributed by atoms with Gasteiger partial charge >= 0.3 is 0 Å². The second-order valence-corrected chi connectivity index (χ2v) is 5.47. The first kappa shape index (κ1) is 16.3. The van der Waals surface area contributed by atoms with Crippen LogP contribution in [0, 0.1) is 28.4 Å². The van der Waals surface area contributed by atoms with E-state index in [9.17, 15) is 10.1 Å². The van der Waals surface area contributed by atoms with Gasteiger partial charge in [0.15, 0.2) is 5.82 Å². The molecule has 0 aliphatic rings. The Morgan fingerprint density at radius 3 is 2.48 bits per heavy atom. The van der Waals surface area contributed by atoms with Gasteiger partial charge in [0.05, 0.1) is 23.1 Å². The maximum absolute atomic E-state index is 11.1. The molecule has 0 saturated carbocycles. The Balaban J connectivity index is 2.23. The van der Waals surface area contributed by atoms with Crippen molar-refractivity contribution in [3.8, 4) is 28.7 Å². The van der Waals surface area contributed by atoms with E-state index in [-0.39, 0.29) is 12.1 Å². The van der Waals surface area contributed by atoms with Gasteiger partial charge in [-0.3, -0.25) is 10.1 Å². The number of nitro groups is 1. The third kappa shape index (κ3) is 3.35. The SMILES string of the molecule is Cc1nc(-c2ccccc2)nc(-c2cccc([N+](=O)[O-])c2)c1CC#N. The molecule has 0 bridgehead atoms.